The Kier molecular flexibility index (Phi) is 4.72. The van der Waals surface area contributed by atoms with Gasteiger partial charge in [0.2, 0.25) is 0 Å². The number of aromatic nitrogens is 1. The number of fused-ring (bicyclic) bond motifs is 3. The first-order valence-corrected chi connectivity index (χ1v) is 10.1. The summed E-state index contributed by atoms with van der Waals surface area (Å²) < 4.78 is 39.6. The molecule has 3 aromatic rings. The molecule has 0 atom stereocenters. The Balaban J connectivity index is 2.05. The topological polar surface area (TPSA) is 76.4 Å². The smallest absolute Gasteiger partial charge is 0.328 e. The van der Waals surface area contributed by atoms with Crippen LogP contribution in [-0.2, 0) is 28.5 Å². The number of aliphatic carboxylic acids is 1. The van der Waals surface area contributed by atoms with Crippen molar-refractivity contribution in [3.05, 3.63) is 70.1 Å². The van der Waals surface area contributed by atoms with E-state index in [4.69, 9.17) is 11.6 Å². The van der Waals surface area contributed by atoms with E-state index in [1.165, 1.54) is 6.07 Å². The lowest BCUT2D eigenvalue weighted by Gasteiger charge is -2.13. The fraction of sp³-hybridized carbons (Fsp3) is 0.150. The highest BCUT2D eigenvalue weighted by Crippen LogP contribution is 2.41. The molecule has 4 rings (SSSR count). The standard InChI is InChI=1S/C20H15ClFNO4S/c21-13-4-1-11(2-5-13)10-23-19-12(7-18(24)25)3-6-15(19)16-8-14(22)9-17(20(16)23)28(26)27/h1-2,4-5,7-9,28H,3,6,10H2,(H,24,25)/b12-7+. The summed E-state index contributed by atoms with van der Waals surface area (Å²) in [5.41, 5.74) is 3.28. The number of carboxylic acids is 1. The molecule has 1 heterocycles. The van der Waals surface area contributed by atoms with Crippen LogP contribution >= 0.6 is 11.6 Å². The minimum Gasteiger partial charge on any atom is -0.478 e. The molecule has 0 saturated carbocycles. The molecule has 0 amide bonds. The molecule has 5 nitrogen and oxygen atoms in total. The predicted molar refractivity (Wildman–Crippen MR) is 105 cm³/mol. The highest BCUT2D eigenvalue weighted by molar-refractivity contribution is 7.72. The number of carbonyl (C=O) groups is 1. The minimum absolute atomic E-state index is 0.108. The lowest BCUT2D eigenvalue weighted by molar-refractivity contribution is -0.131. The van der Waals surface area contributed by atoms with E-state index in [1.807, 2.05) is 12.1 Å². The van der Waals surface area contributed by atoms with Crippen molar-refractivity contribution in [2.75, 3.05) is 0 Å². The van der Waals surface area contributed by atoms with Crippen LogP contribution in [0, 0.1) is 5.82 Å². The molecule has 2 aromatic carbocycles. The normalized spacial score (nSPS) is 14.9. The number of halogens is 2. The minimum atomic E-state index is -3.04. The Bertz CT molecular complexity index is 1220. The highest BCUT2D eigenvalue weighted by Gasteiger charge is 2.28. The predicted octanol–water partition coefficient (Wildman–Crippen LogP) is 3.87. The molecule has 0 aliphatic heterocycles. The molecule has 0 saturated heterocycles. The van der Waals surface area contributed by atoms with Gasteiger partial charge in [0, 0.05) is 28.7 Å². The van der Waals surface area contributed by atoms with E-state index in [0.29, 0.717) is 46.6 Å². The van der Waals surface area contributed by atoms with Crippen molar-refractivity contribution in [2.45, 2.75) is 24.3 Å². The van der Waals surface area contributed by atoms with Crippen LogP contribution < -0.4 is 0 Å². The van der Waals surface area contributed by atoms with E-state index in [0.717, 1.165) is 23.3 Å². The second-order valence-corrected chi connectivity index (χ2v) is 8.06. The first kappa shape index (κ1) is 18.7. The third-order valence-electron chi connectivity index (χ3n) is 4.90. The summed E-state index contributed by atoms with van der Waals surface area (Å²) in [4.78, 5) is 11.2. The van der Waals surface area contributed by atoms with Gasteiger partial charge in [-0.2, -0.15) is 0 Å². The van der Waals surface area contributed by atoms with E-state index in [-0.39, 0.29) is 4.90 Å². The van der Waals surface area contributed by atoms with Crippen LogP contribution in [0.1, 0.15) is 23.2 Å². The molecule has 1 aromatic heterocycles. The van der Waals surface area contributed by atoms with E-state index in [2.05, 4.69) is 0 Å². The number of hydrogen-bond acceptors (Lipinski definition) is 3. The maximum Gasteiger partial charge on any atom is 0.328 e. The van der Waals surface area contributed by atoms with Gasteiger partial charge >= 0.3 is 5.97 Å². The van der Waals surface area contributed by atoms with Crippen molar-refractivity contribution >= 4 is 44.8 Å². The van der Waals surface area contributed by atoms with Gasteiger partial charge in [-0.1, -0.05) is 23.7 Å². The SMILES string of the molecule is O=C(O)/C=C1\CCc2c1n(Cc1ccc(Cl)cc1)c1c([SH](=O)=O)cc(F)cc21. The Morgan fingerprint density at radius 3 is 2.57 bits per heavy atom. The fourth-order valence-electron chi connectivity index (χ4n) is 3.86. The third kappa shape index (κ3) is 3.21. The molecule has 0 radical (unpaired) electrons. The molecule has 8 heteroatoms. The molecule has 0 unspecified atom stereocenters. The molecule has 1 aliphatic rings. The molecule has 1 N–H and O–H groups in total. The maximum absolute atomic E-state index is 14.1. The van der Waals surface area contributed by atoms with Crippen LogP contribution in [0.3, 0.4) is 0 Å². The molecule has 144 valence electrons. The van der Waals surface area contributed by atoms with Gasteiger partial charge in [0.05, 0.1) is 10.4 Å². The average molecular weight is 420 g/mol. The maximum atomic E-state index is 14.1. The average Bonchev–Trinajstić information content (AvgIpc) is 3.16. The molecular formula is C20H15ClFNO4S. The van der Waals surface area contributed by atoms with Gasteiger partial charge in [0.25, 0.3) is 0 Å². The number of nitrogens with zero attached hydrogens (tertiary/aromatic N) is 1. The van der Waals surface area contributed by atoms with Gasteiger partial charge in [0.1, 0.15) is 5.82 Å². The molecule has 0 bridgehead atoms. The summed E-state index contributed by atoms with van der Waals surface area (Å²) in [5, 5.41) is 10.3. The monoisotopic (exact) mass is 419 g/mol. The van der Waals surface area contributed by atoms with E-state index in [9.17, 15) is 22.7 Å². The first-order valence-electron chi connectivity index (χ1n) is 8.52. The van der Waals surface area contributed by atoms with E-state index >= 15 is 0 Å². The van der Waals surface area contributed by atoms with Gasteiger partial charge in [-0.05, 0) is 53.8 Å². The van der Waals surface area contributed by atoms with E-state index in [1.54, 1.807) is 16.7 Å². The zero-order valence-corrected chi connectivity index (χ0v) is 16.1. The van der Waals surface area contributed by atoms with Crippen molar-refractivity contribution in [3.63, 3.8) is 0 Å². The number of allylic oxidation sites excluding steroid dienone is 1. The summed E-state index contributed by atoms with van der Waals surface area (Å²) in [6.07, 6.45) is 2.16. The van der Waals surface area contributed by atoms with Gasteiger partial charge in [-0.3, -0.25) is 0 Å². The largest absolute Gasteiger partial charge is 0.478 e. The van der Waals surface area contributed by atoms with Crippen molar-refractivity contribution in [3.8, 4) is 0 Å². The quantitative estimate of drug-likeness (QED) is 0.497. The van der Waals surface area contributed by atoms with Gasteiger partial charge in [-0.15, -0.1) is 0 Å². The molecule has 28 heavy (non-hydrogen) atoms. The van der Waals surface area contributed by atoms with Crippen molar-refractivity contribution < 1.29 is 22.7 Å². The number of thiol groups is 1. The Morgan fingerprint density at radius 2 is 1.93 bits per heavy atom. The fourth-order valence-corrected chi connectivity index (χ4v) is 4.63. The number of benzene rings is 2. The van der Waals surface area contributed by atoms with Crippen LogP contribution in [0.2, 0.25) is 5.02 Å². The zero-order valence-electron chi connectivity index (χ0n) is 14.5. The zero-order chi connectivity index (χ0) is 20.0. The third-order valence-corrected chi connectivity index (χ3v) is 5.89. The second kappa shape index (κ2) is 7.07. The van der Waals surface area contributed by atoms with Crippen LogP contribution in [0.15, 0.2) is 47.4 Å². The number of aryl methyl sites for hydroxylation is 1. The molecule has 0 fully saturated rings. The van der Waals surface area contributed by atoms with Crippen LogP contribution in [0.4, 0.5) is 4.39 Å². The number of rotatable bonds is 4. The number of hydrogen-bond donors (Lipinski definition) is 2. The lowest BCUT2D eigenvalue weighted by atomic mass is 10.1. The van der Waals surface area contributed by atoms with Crippen LogP contribution in [0.5, 0.6) is 0 Å². The van der Waals surface area contributed by atoms with Gasteiger partial charge in [0.15, 0.2) is 10.7 Å². The summed E-state index contributed by atoms with van der Waals surface area (Å²) in [7, 11) is -3.04. The van der Waals surface area contributed by atoms with Crippen molar-refractivity contribution in [1.29, 1.82) is 0 Å². The highest BCUT2D eigenvalue weighted by atomic mass is 35.5. The van der Waals surface area contributed by atoms with Crippen LogP contribution in [0.25, 0.3) is 16.5 Å². The van der Waals surface area contributed by atoms with Gasteiger partial charge < -0.3 is 9.67 Å². The van der Waals surface area contributed by atoms with Crippen molar-refractivity contribution in [2.24, 2.45) is 0 Å². The van der Waals surface area contributed by atoms with E-state index < -0.39 is 22.5 Å². The van der Waals surface area contributed by atoms with Crippen LogP contribution in [-0.4, -0.2) is 24.1 Å². The van der Waals surface area contributed by atoms with Crippen molar-refractivity contribution in [1.82, 2.24) is 4.57 Å². The molecular weight excluding hydrogens is 405 g/mol. The lowest BCUT2D eigenvalue weighted by Crippen LogP contribution is -2.05. The Morgan fingerprint density at radius 1 is 1.21 bits per heavy atom. The molecule has 1 aliphatic carbocycles. The Hall–Kier alpha value is -2.64. The molecule has 0 spiro atoms. The summed E-state index contributed by atoms with van der Waals surface area (Å²) in [6, 6.07) is 9.41. The Labute approximate surface area is 166 Å². The second-order valence-electron chi connectivity index (χ2n) is 6.63. The summed E-state index contributed by atoms with van der Waals surface area (Å²) in [6.45, 7) is 0.307. The van der Waals surface area contributed by atoms with Gasteiger partial charge in [-0.25, -0.2) is 17.6 Å². The number of carboxylic acid groups (broad SMARTS) is 1. The first-order chi connectivity index (χ1) is 13.3. The summed E-state index contributed by atoms with van der Waals surface area (Å²) in [5.74, 6) is -1.71. The summed E-state index contributed by atoms with van der Waals surface area (Å²) >= 11 is 5.94.